The van der Waals surface area contributed by atoms with Gasteiger partial charge in [-0.3, -0.25) is 14.7 Å². The zero-order valence-electron chi connectivity index (χ0n) is 12.7. The molecular weight excluding hydrogens is 380 g/mol. The summed E-state index contributed by atoms with van der Waals surface area (Å²) in [4.78, 5) is 27.4. The number of benzene rings is 1. The van der Waals surface area contributed by atoms with Crippen molar-refractivity contribution in [1.29, 1.82) is 0 Å². The molecule has 0 saturated carbocycles. The molecule has 3 amide bonds. The van der Waals surface area contributed by atoms with E-state index in [-0.39, 0.29) is 5.92 Å². The van der Waals surface area contributed by atoms with E-state index in [1.54, 1.807) is 6.20 Å². The summed E-state index contributed by atoms with van der Waals surface area (Å²) in [5, 5.41) is 2.34. The molecule has 3 N–H and O–H groups in total. The first kappa shape index (κ1) is 17.6. The highest BCUT2D eigenvalue weighted by atomic mass is 79.9. The number of imidazole rings is 1. The Labute approximate surface area is 147 Å². The minimum atomic E-state index is -0.850. The van der Waals surface area contributed by atoms with Crippen molar-refractivity contribution in [2.75, 3.05) is 0 Å². The van der Waals surface area contributed by atoms with E-state index in [1.807, 2.05) is 48.9 Å². The van der Waals surface area contributed by atoms with E-state index in [4.69, 9.17) is 5.73 Å². The van der Waals surface area contributed by atoms with Gasteiger partial charge < -0.3 is 5.73 Å². The van der Waals surface area contributed by atoms with Crippen molar-refractivity contribution >= 4 is 39.6 Å². The lowest BCUT2D eigenvalue weighted by Crippen LogP contribution is -2.42. The number of imide groups is 1. The van der Waals surface area contributed by atoms with Crippen LogP contribution in [0.5, 0.6) is 0 Å². The number of nitrogens with two attached hydrogens (primary N) is 1. The van der Waals surface area contributed by atoms with Gasteiger partial charge in [0.25, 0.3) is 0 Å². The number of hydrogen-bond acceptors (Lipinski definition) is 4. The number of nitrogens with one attached hydrogen (secondary N) is 1. The second kappa shape index (κ2) is 7.65. The van der Waals surface area contributed by atoms with Crippen LogP contribution in [0.25, 0.3) is 5.69 Å². The molecule has 0 fully saturated rings. The Morgan fingerprint density at radius 3 is 2.52 bits per heavy atom. The Balaban J connectivity index is 2.25. The second-order valence-corrected chi connectivity index (χ2v) is 7.22. The molecule has 1 aromatic heterocycles. The van der Waals surface area contributed by atoms with Crippen LogP contribution < -0.4 is 11.1 Å². The zero-order valence-corrected chi connectivity index (χ0v) is 15.1. The van der Waals surface area contributed by atoms with Crippen molar-refractivity contribution in [3.63, 3.8) is 0 Å². The molecule has 2 aromatic rings. The molecule has 23 heavy (non-hydrogen) atoms. The highest BCUT2D eigenvalue weighted by molar-refractivity contribution is 9.10. The maximum absolute atomic E-state index is 12.1. The molecule has 6 nitrogen and oxygen atoms in total. The third-order valence-corrected chi connectivity index (χ3v) is 5.11. The smallest absolute Gasteiger partial charge is 0.318 e. The van der Waals surface area contributed by atoms with Crippen LogP contribution in [0.1, 0.15) is 13.8 Å². The predicted octanol–water partition coefficient (Wildman–Crippen LogP) is 2.95. The highest BCUT2D eigenvalue weighted by Crippen LogP contribution is 2.29. The molecule has 1 atom stereocenters. The van der Waals surface area contributed by atoms with Gasteiger partial charge in [0.1, 0.15) is 0 Å². The average molecular weight is 397 g/mol. The molecule has 1 unspecified atom stereocenters. The van der Waals surface area contributed by atoms with Crippen molar-refractivity contribution in [1.82, 2.24) is 14.9 Å². The molecule has 0 radical (unpaired) electrons. The van der Waals surface area contributed by atoms with E-state index in [0.29, 0.717) is 5.16 Å². The zero-order chi connectivity index (χ0) is 17.0. The Morgan fingerprint density at radius 2 is 1.96 bits per heavy atom. The molecule has 0 saturated heterocycles. The molecule has 2 rings (SSSR count). The molecule has 0 aliphatic heterocycles. The minimum Gasteiger partial charge on any atom is -0.351 e. The molecular formula is C15H17BrN4O2S. The quantitative estimate of drug-likeness (QED) is 0.760. The standard InChI is InChI=1S/C15H17BrN4O2S/c1-9(2)12(13(21)19-14(17)22)23-15-18-7-8-20(15)11-5-3-10(16)4-6-11/h3-9,12H,1-2H3,(H3,17,19,21,22). The van der Waals surface area contributed by atoms with Gasteiger partial charge in [0.15, 0.2) is 5.16 Å². The summed E-state index contributed by atoms with van der Waals surface area (Å²) in [7, 11) is 0. The molecule has 0 aliphatic rings. The Bertz CT molecular complexity index is 700. The molecule has 8 heteroatoms. The van der Waals surface area contributed by atoms with Gasteiger partial charge in [0, 0.05) is 22.6 Å². The number of thioether (sulfide) groups is 1. The summed E-state index contributed by atoms with van der Waals surface area (Å²) in [6, 6.07) is 6.91. The monoisotopic (exact) mass is 396 g/mol. The molecule has 0 spiro atoms. The second-order valence-electron chi connectivity index (χ2n) is 5.19. The van der Waals surface area contributed by atoms with E-state index in [2.05, 4.69) is 26.2 Å². The number of halogens is 1. The molecule has 1 heterocycles. The Morgan fingerprint density at radius 1 is 1.30 bits per heavy atom. The maximum atomic E-state index is 12.1. The van der Waals surface area contributed by atoms with Crippen molar-refractivity contribution in [2.24, 2.45) is 11.7 Å². The van der Waals surface area contributed by atoms with E-state index >= 15 is 0 Å². The normalized spacial score (nSPS) is 12.2. The summed E-state index contributed by atoms with van der Waals surface area (Å²) >= 11 is 4.70. The van der Waals surface area contributed by atoms with Gasteiger partial charge in [-0.2, -0.15) is 0 Å². The number of nitrogens with zero attached hydrogens (tertiary/aromatic N) is 2. The van der Waals surface area contributed by atoms with Gasteiger partial charge in [-0.05, 0) is 30.2 Å². The summed E-state index contributed by atoms with van der Waals surface area (Å²) in [6.07, 6.45) is 3.50. The lowest BCUT2D eigenvalue weighted by Gasteiger charge is -2.19. The van der Waals surface area contributed by atoms with Crippen LogP contribution in [0.15, 0.2) is 46.3 Å². The number of carbonyl (C=O) groups is 2. The third-order valence-electron chi connectivity index (χ3n) is 3.05. The van der Waals surface area contributed by atoms with E-state index in [0.717, 1.165) is 10.2 Å². The van der Waals surface area contributed by atoms with Gasteiger partial charge >= 0.3 is 6.03 Å². The third kappa shape index (κ3) is 4.59. The number of urea groups is 1. The highest BCUT2D eigenvalue weighted by Gasteiger charge is 2.26. The predicted molar refractivity (Wildman–Crippen MR) is 93.5 cm³/mol. The number of primary amides is 1. The first-order chi connectivity index (χ1) is 10.9. The summed E-state index contributed by atoms with van der Waals surface area (Å²) in [5.74, 6) is -0.405. The number of aromatic nitrogens is 2. The van der Waals surface area contributed by atoms with Crippen LogP contribution in [0, 0.1) is 5.92 Å². The number of hydrogen-bond donors (Lipinski definition) is 2. The van der Waals surface area contributed by atoms with Gasteiger partial charge in [-0.25, -0.2) is 9.78 Å². The van der Waals surface area contributed by atoms with Crippen LogP contribution in [0.2, 0.25) is 0 Å². The van der Waals surface area contributed by atoms with Crippen molar-refractivity contribution in [3.8, 4) is 5.69 Å². The first-order valence-corrected chi connectivity index (χ1v) is 8.62. The Hall–Kier alpha value is -1.80. The van der Waals surface area contributed by atoms with E-state index in [1.165, 1.54) is 11.8 Å². The molecule has 122 valence electrons. The minimum absolute atomic E-state index is 0.00872. The van der Waals surface area contributed by atoms with E-state index in [9.17, 15) is 9.59 Å². The molecule has 0 aliphatic carbocycles. The fourth-order valence-electron chi connectivity index (χ4n) is 1.97. The van der Waals surface area contributed by atoms with Crippen LogP contribution in [-0.2, 0) is 4.79 Å². The number of carbonyl (C=O) groups excluding carboxylic acids is 2. The summed E-state index contributed by atoms with van der Waals surface area (Å²) in [6.45, 7) is 3.82. The van der Waals surface area contributed by atoms with Crippen LogP contribution >= 0.6 is 27.7 Å². The summed E-state index contributed by atoms with van der Waals surface area (Å²) < 4.78 is 2.88. The average Bonchev–Trinajstić information content (AvgIpc) is 2.92. The van der Waals surface area contributed by atoms with E-state index < -0.39 is 17.2 Å². The number of amides is 3. The SMILES string of the molecule is CC(C)C(Sc1nccn1-c1ccc(Br)cc1)C(=O)NC(N)=O. The maximum Gasteiger partial charge on any atom is 0.318 e. The molecule has 0 bridgehead atoms. The van der Waals surface area contributed by atoms with Crippen LogP contribution in [0.3, 0.4) is 0 Å². The van der Waals surface area contributed by atoms with Crippen molar-refractivity contribution in [3.05, 3.63) is 41.1 Å². The van der Waals surface area contributed by atoms with Gasteiger partial charge in [-0.1, -0.05) is 41.5 Å². The Kier molecular flexibility index (Phi) is 5.84. The lowest BCUT2D eigenvalue weighted by atomic mass is 10.1. The van der Waals surface area contributed by atoms with Crippen LogP contribution in [-0.4, -0.2) is 26.7 Å². The molecule has 1 aromatic carbocycles. The fourth-order valence-corrected chi connectivity index (χ4v) is 3.30. The largest absolute Gasteiger partial charge is 0.351 e. The fraction of sp³-hybridized carbons (Fsp3) is 0.267. The first-order valence-electron chi connectivity index (χ1n) is 6.94. The summed E-state index contributed by atoms with van der Waals surface area (Å²) in [5.41, 5.74) is 5.97. The van der Waals surface area contributed by atoms with Gasteiger partial charge in [-0.15, -0.1) is 0 Å². The van der Waals surface area contributed by atoms with Gasteiger partial charge in [0.05, 0.1) is 5.25 Å². The van der Waals surface area contributed by atoms with Crippen LogP contribution in [0.4, 0.5) is 4.79 Å². The lowest BCUT2D eigenvalue weighted by molar-refractivity contribution is -0.120. The van der Waals surface area contributed by atoms with Crippen molar-refractivity contribution in [2.45, 2.75) is 24.3 Å². The number of rotatable bonds is 5. The topological polar surface area (TPSA) is 90.0 Å². The van der Waals surface area contributed by atoms with Gasteiger partial charge in [0.2, 0.25) is 5.91 Å². The van der Waals surface area contributed by atoms with Crippen molar-refractivity contribution < 1.29 is 9.59 Å².